The molecule has 6 nitrogen and oxygen atoms in total. The molecule has 4 aromatic rings. The molecule has 0 fully saturated rings. The lowest BCUT2D eigenvalue weighted by Crippen LogP contribution is -2.23. The van der Waals surface area contributed by atoms with Crippen LogP contribution in [0.2, 0.25) is 10.0 Å². The Morgan fingerprint density at radius 1 is 1.23 bits per heavy atom. The van der Waals surface area contributed by atoms with Crippen LogP contribution in [0.25, 0.3) is 15.9 Å². The molecule has 35 heavy (non-hydrogen) atoms. The van der Waals surface area contributed by atoms with Gasteiger partial charge in [-0.05, 0) is 67.6 Å². The number of aryl methyl sites for hydroxylation is 3. The van der Waals surface area contributed by atoms with Crippen molar-refractivity contribution in [3.63, 3.8) is 0 Å². The number of rotatable bonds is 6. The summed E-state index contributed by atoms with van der Waals surface area (Å²) < 4.78 is 6.93. The summed E-state index contributed by atoms with van der Waals surface area (Å²) in [4.78, 5) is 33.3. The Balaban J connectivity index is 1.49. The number of carbonyl (C=O) groups is 1. The number of anilines is 1. The first kappa shape index (κ1) is 24.2. The van der Waals surface area contributed by atoms with Gasteiger partial charge >= 0.3 is 0 Å². The smallest absolute Gasteiger partial charge is 0.267 e. The van der Waals surface area contributed by atoms with E-state index >= 15 is 0 Å². The Morgan fingerprint density at radius 2 is 2.00 bits per heavy atom. The number of thiophene rings is 1. The van der Waals surface area contributed by atoms with Crippen LogP contribution in [0, 0.1) is 6.92 Å². The lowest BCUT2D eigenvalue weighted by atomic mass is 10.2. The molecule has 1 N–H and O–H groups in total. The Bertz CT molecular complexity index is 1510. The molecule has 1 aliphatic rings. The zero-order valence-corrected chi connectivity index (χ0v) is 22.1. The second kappa shape index (κ2) is 9.85. The van der Waals surface area contributed by atoms with Crippen LogP contribution in [0.5, 0.6) is 5.75 Å². The monoisotopic (exact) mass is 545 g/mol. The molecule has 0 radical (unpaired) electrons. The van der Waals surface area contributed by atoms with E-state index in [1.54, 1.807) is 52.3 Å². The minimum atomic E-state index is -0.249. The van der Waals surface area contributed by atoms with E-state index in [9.17, 15) is 9.59 Å². The average molecular weight is 547 g/mol. The summed E-state index contributed by atoms with van der Waals surface area (Å²) in [6, 6.07) is 10.5. The number of carbonyl (C=O) groups excluding carboxylic acids is 1. The van der Waals surface area contributed by atoms with Crippen LogP contribution in [0.1, 0.15) is 22.4 Å². The first-order valence-corrected chi connectivity index (χ1v) is 13.5. The SMILES string of the molecule is COc1cc(Cl)c(C)cc1NC(=O)CSc1nc2sc3c(c2c(=O)n1-c1ccc(Cl)cc1)CCC3. The van der Waals surface area contributed by atoms with E-state index in [4.69, 9.17) is 32.9 Å². The van der Waals surface area contributed by atoms with Crippen molar-refractivity contribution in [3.8, 4) is 11.4 Å². The highest BCUT2D eigenvalue weighted by Gasteiger charge is 2.24. The summed E-state index contributed by atoms with van der Waals surface area (Å²) in [5.41, 5.74) is 3.02. The number of hydrogen-bond acceptors (Lipinski definition) is 6. The van der Waals surface area contributed by atoms with Crippen molar-refractivity contribution in [2.24, 2.45) is 0 Å². The van der Waals surface area contributed by atoms with Gasteiger partial charge in [-0.25, -0.2) is 4.98 Å². The van der Waals surface area contributed by atoms with E-state index in [2.05, 4.69) is 5.32 Å². The standard InChI is InChI=1S/C25H21Cl2N3O3S2/c1-13-10-18(19(33-2)11-17(13)27)28-21(31)12-34-25-29-23-22(16-4-3-5-20(16)35-23)24(32)30(25)15-8-6-14(26)7-9-15/h6-11H,3-5,12H2,1-2H3,(H,28,31). The number of methoxy groups -OCH3 is 1. The topological polar surface area (TPSA) is 73.2 Å². The van der Waals surface area contributed by atoms with Crippen LogP contribution in [0.4, 0.5) is 5.69 Å². The van der Waals surface area contributed by atoms with Gasteiger partial charge in [0.1, 0.15) is 10.6 Å². The summed E-state index contributed by atoms with van der Waals surface area (Å²) in [5.74, 6) is 0.284. The molecule has 2 aromatic carbocycles. The summed E-state index contributed by atoms with van der Waals surface area (Å²) in [6.45, 7) is 1.86. The van der Waals surface area contributed by atoms with Crippen molar-refractivity contribution >= 4 is 68.1 Å². The van der Waals surface area contributed by atoms with Crippen molar-refractivity contribution in [2.45, 2.75) is 31.3 Å². The van der Waals surface area contributed by atoms with Gasteiger partial charge in [-0.1, -0.05) is 35.0 Å². The Hall–Kier alpha value is -2.52. The van der Waals surface area contributed by atoms with Gasteiger partial charge in [0, 0.05) is 21.0 Å². The van der Waals surface area contributed by atoms with E-state index < -0.39 is 0 Å². The molecule has 180 valence electrons. The van der Waals surface area contributed by atoms with Crippen LogP contribution in [-0.2, 0) is 17.6 Å². The van der Waals surface area contributed by atoms with Gasteiger partial charge in [0.05, 0.1) is 29.6 Å². The van der Waals surface area contributed by atoms with Gasteiger partial charge in [0.2, 0.25) is 5.91 Å². The van der Waals surface area contributed by atoms with Gasteiger partial charge in [-0.3, -0.25) is 14.2 Å². The molecule has 2 aromatic heterocycles. The van der Waals surface area contributed by atoms with Gasteiger partial charge in [-0.15, -0.1) is 11.3 Å². The molecule has 10 heteroatoms. The maximum atomic E-state index is 13.7. The molecule has 0 aliphatic heterocycles. The highest BCUT2D eigenvalue weighted by Crippen LogP contribution is 2.36. The van der Waals surface area contributed by atoms with Crippen LogP contribution in [0.15, 0.2) is 46.3 Å². The zero-order chi connectivity index (χ0) is 24.7. The minimum absolute atomic E-state index is 0.0570. The van der Waals surface area contributed by atoms with Crippen LogP contribution in [0.3, 0.4) is 0 Å². The number of thioether (sulfide) groups is 1. The molecule has 0 saturated carbocycles. The predicted octanol–water partition coefficient (Wildman–Crippen LogP) is 6.29. The molecular weight excluding hydrogens is 525 g/mol. The number of fused-ring (bicyclic) bond motifs is 3. The first-order valence-electron chi connectivity index (χ1n) is 11.0. The molecule has 0 bridgehead atoms. The molecule has 0 saturated heterocycles. The number of halogens is 2. The largest absolute Gasteiger partial charge is 0.495 e. The van der Waals surface area contributed by atoms with Gasteiger partial charge in [0.25, 0.3) is 5.56 Å². The summed E-state index contributed by atoms with van der Waals surface area (Å²) in [5, 5.41) is 5.16. The normalized spacial score (nSPS) is 12.7. The van der Waals surface area contributed by atoms with Crippen molar-refractivity contribution < 1.29 is 9.53 Å². The van der Waals surface area contributed by atoms with E-state index in [0.717, 1.165) is 35.2 Å². The number of ether oxygens (including phenoxy) is 1. The average Bonchev–Trinajstić information content (AvgIpc) is 3.42. The number of nitrogens with zero attached hydrogens (tertiary/aromatic N) is 2. The first-order chi connectivity index (χ1) is 16.9. The Labute approximate surface area is 220 Å². The van der Waals surface area contributed by atoms with Gasteiger partial charge in [0.15, 0.2) is 5.16 Å². The third-order valence-corrected chi connectivity index (χ3v) is 8.66. The third-order valence-electron chi connectivity index (χ3n) is 5.88. The van der Waals surface area contributed by atoms with Gasteiger partial charge < -0.3 is 10.1 Å². The Morgan fingerprint density at radius 3 is 2.74 bits per heavy atom. The highest BCUT2D eigenvalue weighted by atomic mass is 35.5. The lowest BCUT2D eigenvalue weighted by molar-refractivity contribution is -0.113. The Kier molecular flexibility index (Phi) is 6.81. The van der Waals surface area contributed by atoms with Crippen LogP contribution in [-0.4, -0.2) is 28.3 Å². The second-order valence-corrected chi connectivity index (χ2v) is 11.1. The quantitative estimate of drug-likeness (QED) is 0.227. The fourth-order valence-corrected chi connectivity index (χ4v) is 6.58. The van der Waals surface area contributed by atoms with Crippen molar-refractivity contribution in [3.05, 3.63) is 72.8 Å². The van der Waals surface area contributed by atoms with Crippen LogP contribution < -0.4 is 15.6 Å². The molecule has 0 atom stereocenters. The van der Waals surface area contributed by atoms with Crippen LogP contribution >= 0.6 is 46.3 Å². The molecule has 1 aliphatic carbocycles. The number of benzene rings is 2. The summed E-state index contributed by atoms with van der Waals surface area (Å²) >= 11 is 15.0. The third kappa shape index (κ3) is 4.68. The minimum Gasteiger partial charge on any atom is -0.495 e. The highest BCUT2D eigenvalue weighted by molar-refractivity contribution is 7.99. The summed E-state index contributed by atoms with van der Waals surface area (Å²) in [7, 11) is 1.52. The maximum absolute atomic E-state index is 13.7. The van der Waals surface area contributed by atoms with Crippen molar-refractivity contribution in [1.82, 2.24) is 9.55 Å². The van der Waals surface area contributed by atoms with Crippen molar-refractivity contribution in [1.29, 1.82) is 0 Å². The number of hydrogen-bond donors (Lipinski definition) is 1. The van der Waals surface area contributed by atoms with E-state index in [-0.39, 0.29) is 17.2 Å². The van der Waals surface area contributed by atoms with E-state index in [1.807, 2.05) is 6.92 Å². The molecule has 1 amide bonds. The number of nitrogens with one attached hydrogen (secondary N) is 1. The number of amides is 1. The molecule has 0 unspecified atom stereocenters. The van der Waals surface area contributed by atoms with E-state index in [0.29, 0.717) is 37.7 Å². The fraction of sp³-hybridized carbons (Fsp3) is 0.240. The van der Waals surface area contributed by atoms with Gasteiger partial charge in [-0.2, -0.15) is 0 Å². The summed E-state index contributed by atoms with van der Waals surface area (Å²) in [6.07, 6.45) is 2.93. The molecule has 2 heterocycles. The lowest BCUT2D eigenvalue weighted by Gasteiger charge is -2.14. The molecule has 5 rings (SSSR count). The second-order valence-electron chi connectivity index (χ2n) is 8.19. The predicted molar refractivity (Wildman–Crippen MR) is 144 cm³/mol. The number of aromatic nitrogens is 2. The fourth-order valence-electron chi connectivity index (χ4n) is 4.19. The zero-order valence-electron chi connectivity index (χ0n) is 19.0. The molecular formula is C25H21Cl2N3O3S2. The molecule has 0 spiro atoms. The van der Waals surface area contributed by atoms with Crippen molar-refractivity contribution in [2.75, 3.05) is 18.2 Å². The maximum Gasteiger partial charge on any atom is 0.267 e. The van der Waals surface area contributed by atoms with E-state index in [1.165, 1.54) is 23.7 Å².